The summed E-state index contributed by atoms with van der Waals surface area (Å²) in [4.78, 5) is 11.2. The van der Waals surface area contributed by atoms with E-state index in [0.717, 1.165) is 11.3 Å². The van der Waals surface area contributed by atoms with E-state index in [1.807, 2.05) is 18.2 Å². The van der Waals surface area contributed by atoms with Crippen molar-refractivity contribution >= 4 is 12.0 Å². The maximum atomic E-state index is 11.2. The Labute approximate surface area is 126 Å². The van der Waals surface area contributed by atoms with Gasteiger partial charge in [-0.25, -0.2) is 4.79 Å². The summed E-state index contributed by atoms with van der Waals surface area (Å²) in [6, 6.07) is 5.99. The van der Waals surface area contributed by atoms with Crippen LogP contribution in [0.2, 0.25) is 0 Å². The molecule has 0 heterocycles. The Kier molecular flexibility index (Phi) is 6.43. The Bertz CT molecular complexity index is 498. The number of carbonyl (C=O) groups excluding carboxylic acids is 1. The molecule has 0 saturated heterocycles. The molecule has 0 amide bonds. The normalized spacial score (nSPS) is 11.7. The van der Waals surface area contributed by atoms with E-state index < -0.39 is 5.97 Å². The summed E-state index contributed by atoms with van der Waals surface area (Å²) in [5.41, 5.74) is 2.04. The van der Waals surface area contributed by atoms with E-state index in [-0.39, 0.29) is 5.41 Å². The molecule has 0 aliphatic rings. The van der Waals surface area contributed by atoms with Gasteiger partial charge in [0.2, 0.25) is 0 Å². The van der Waals surface area contributed by atoms with Gasteiger partial charge in [-0.1, -0.05) is 32.9 Å². The second-order valence-electron chi connectivity index (χ2n) is 5.70. The van der Waals surface area contributed by atoms with Crippen LogP contribution in [0, 0.1) is 0 Å². The molecule has 0 aromatic heterocycles. The fourth-order valence-electron chi connectivity index (χ4n) is 1.72. The lowest BCUT2D eigenvalue weighted by atomic mass is 9.86. The molecule has 0 fully saturated rings. The molecule has 0 saturated carbocycles. The number of hydrogen-bond donors (Lipinski definition) is 0. The van der Waals surface area contributed by atoms with Crippen molar-refractivity contribution in [2.45, 2.75) is 26.2 Å². The molecule has 0 radical (unpaired) electrons. The van der Waals surface area contributed by atoms with Gasteiger partial charge in [0, 0.05) is 18.7 Å². The third-order valence-electron chi connectivity index (χ3n) is 3.02. The van der Waals surface area contributed by atoms with Crippen molar-refractivity contribution < 1.29 is 19.0 Å². The summed E-state index contributed by atoms with van der Waals surface area (Å²) < 4.78 is 15.4. The van der Waals surface area contributed by atoms with Crippen LogP contribution in [-0.2, 0) is 19.7 Å². The lowest BCUT2D eigenvalue weighted by Gasteiger charge is -2.21. The quantitative estimate of drug-likeness (QED) is 0.459. The molecule has 116 valence electrons. The average Bonchev–Trinajstić information content (AvgIpc) is 2.44. The van der Waals surface area contributed by atoms with Crippen LogP contribution >= 0.6 is 0 Å². The third-order valence-corrected chi connectivity index (χ3v) is 3.02. The smallest absolute Gasteiger partial charge is 0.330 e. The van der Waals surface area contributed by atoms with E-state index in [1.54, 1.807) is 13.2 Å². The second-order valence-corrected chi connectivity index (χ2v) is 5.70. The van der Waals surface area contributed by atoms with Crippen LogP contribution in [0.15, 0.2) is 24.3 Å². The zero-order valence-electron chi connectivity index (χ0n) is 13.4. The van der Waals surface area contributed by atoms with Crippen molar-refractivity contribution in [2.24, 2.45) is 0 Å². The zero-order chi connectivity index (χ0) is 15.9. The number of ether oxygens (including phenoxy) is 3. The number of carbonyl (C=O) groups is 1. The highest BCUT2D eigenvalue weighted by molar-refractivity contribution is 5.87. The molecule has 0 atom stereocenters. The van der Waals surface area contributed by atoms with Crippen LogP contribution < -0.4 is 4.74 Å². The van der Waals surface area contributed by atoms with Gasteiger partial charge in [0.1, 0.15) is 12.4 Å². The Balaban J connectivity index is 3.04. The first-order chi connectivity index (χ1) is 9.88. The number of hydrogen-bond acceptors (Lipinski definition) is 4. The molecular weight excluding hydrogens is 268 g/mol. The number of esters is 1. The molecule has 1 aromatic rings. The summed E-state index contributed by atoms with van der Waals surface area (Å²) in [5, 5.41) is 0. The van der Waals surface area contributed by atoms with Gasteiger partial charge in [-0.3, -0.25) is 0 Å². The van der Waals surface area contributed by atoms with Crippen molar-refractivity contribution in [3.05, 3.63) is 35.4 Å². The highest BCUT2D eigenvalue weighted by Gasteiger charge is 2.15. The highest BCUT2D eigenvalue weighted by atomic mass is 16.5. The zero-order valence-corrected chi connectivity index (χ0v) is 13.4. The van der Waals surface area contributed by atoms with Gasteiger partial charge in [-0.2, -0.15) is 0 Å². The number of rotatable bonds is 6. The van der Waals surface area contributed by atoms with Crippen molar-refractivity contribution in [3.8, 4) is 5.75 Å². The van der Waals surface area contributed by atoms with Crippen molar-refractivity contribution in [2.75, 3.05) is 27.4 Å². The predicted molar refractivity (Wildman–Crippen MR) is 83.6 cm³/mol. The molecule has 21 heavy (non-hydrogen) atoms. The molecular formula is C17H24O4. The first-order valence-corrected chi connectivity index (χ1v) is 6.90. The van der Waals surface area contributed by atoms with Gasteiger partial charge < -0.3 is 14.2 Å². The number of benzene rings is 1. The third kappa shape index (κ3) is 5.60. The van der Waals surface area contributed by atoms with Crippen LogP contribution in [0.3, 0.4) is 0 Å². The van der Waals surface area contributed by atoms with Crippen molar-refractivity contribution in [3.63, 3.8) is 0 Å². The molecule has 0 spiro atoms. The molecule has 0 N–H and O–H groups in total. The van der Waals surface area contributed by atoms with Gasteiger partial charge in [0.15, 0.2) is 0 Å². The highest BCUT2D eigenvalue weighted by Crippen LogP contribution is 2.29. The summed E-state index contributed by atoms with van der Waals surface area (Å²) in [6.07, 6.45) is 3.08. The van der Waals surface area contributed by atoms with Gasteiger partial charge in [0.25, 0.3) is 0 Å². The molecule has 4 nitrogen and oxygen atoms in total. The van der Waals surface area contributed by atoms with Gasteiger partial charge in [-0.05, 0) is 23.1 Å². The first kappa shape index (κ1) is 17.2. The second kappa shape index (κ2) is 7.84. The molecule has 1 rings (SSSR count). The van der Waals surface area contributed by atoms with E-state index in [9.17, 15) is 4.79 Å². The summed E-state index contributed by atoms with van der Waals surface area (Å²) >= 11 is 0. The minimum atomic E-state index is -0.391. The van der Waals surface area contributed by atoms with Gasteiger partial charge in [-0.15, -0.1) is 0 Å². The Morgan fingerprint density at radius 3 is 2.48 bits per heavy atom. The van der Waals surface area contributed by atoms with Crippen molar-refractivity contribution in [1.29, 1.82) is 0 Å². The van der Waals surface area contributed by atoms with Crippen LogP contribution in [-0.4, -0.2) is 33.4 Å². The fourth-order valence-corrected chi connectivity index (χ4v) is 1.72. The van der Waals surface area contributed by atoms with E-state index in [0.29, 0.717) is 13.2 Å². The Morgan fingerprint density at radius 2 is 1.90 bits per heavy atom. The monoisotopic (exact) mass is 292 g/mol. The van der Waals surface area contributed by atoms with E-state index in [2.05, 4.69) is 25.5 Å². The fraction of sp³-hybridized carbons (Fsp3) is 0.471. The Morgan fingerprint density at radius 1 is 1.19 bits per heavy atom. The lowest BCUT2D eigenvalue weighted by molar-refractivity contribution is -0.134. The average molecular weight is 292 g/mol. The van der Waals surface area contributed by atoms with Crippen LogP contribution in [0.4, 0.5) is 0 Å². The summed E-state index contributed by atoms with van der Waals surface area (Å²) in [5.74, 6) is 0.345. The summed E-state index contributed by atoms with van der Waals surface area (Å²) in [7, 11) is 2.98. The SMILES string of the molecule is COCCOc1cc(C(C)(C)C)ccc1C=CC(=O)OC. The molecule has 0 aliphatic carbocycles. The molecule has 0 unspecified atom stereocenters. The molecule has 1 aromatic carbocycles. The standard InChI is InChI=1S/C17H24O4/c1-17(2,3)14-8-6-13(7-9-16(18)20-5)15(12-14)21-11-10-19-4/h6-9,12H,10-11H2,1-5H3. The van der Waals surface area contributed by atoms with Gasteiger partial charge in [0.05, 0.1) is 13.7 Å². The maximum Gasteiger partial charge on any atom is 0.330 e. The molecule has 0 aliphatic heterocycles. The van der Waals surface area contributed by atoms with Crippen LogP contribution in [0.5, 0.6) is 5.75 Å². The first-order valence-electron chi connectivity index (χ1n) is 6.90. The van der Waals surface area contributed by atoms with E-state index >= 15 is 0 Å². The lowest BCUT2D eigenvalue weighted by Crippen LogP contribution is -2.12. The topological polar surface area (TPSA) is 44.8 Å². The van der Waals surface area contributed by atoms with E-state index in [1.165, 1.54) is 18.7 Å². The largest absolute Gasteiger partial charge is 0.491 e. The molecule has 0 bridgehead atoms. The minimum absolute atomic E-state index is 0.0317. The van der Waals surface area contributed by atoms with Crippen molar-refractivity contribution in [1.82, 2.24) is 0 Å². The number of methoxy groups -OCH3 is 2. The van der Waals surface area contributed by atoms with Crippen LogP contribution in [0.25, 0.3) is 6.08 Å². The maximum absolute atomic E-state index is 11.2. The van der Waals surface area contributed by atoms with Crippen LogP contribution in [0.1, 0.15) is 31.9 Å². The Hall–Kier alpha value is -1.81. The van der Waals surface area contributed by atoms with Gasteiger partial charge >= 0.3 is 5.97 Å². The van der Waals surface area contributed by atoms with E-state index in [4.69, 9.17) is 9.47 Å². The summed E-state index contributed by atoms with van der Waals surface area (Å²) in [6.45, 7) is 7.41. The minimum Gasteiger partial charge on any atom is -0.491 e. The molecule has 4 heteroatoms. The predicted octanol–water partition coefficient (Wildman–Crippen LogP) is 3.20.